The third-order valence-corrected chi connectivity index (χ3v) is 4.47. The van der Waals surface area contributed by atoms with Gasteiger partial charge < -0.3 is 14.6 Å². The molecule has 1 aromatic heterocycles. The minimum Gasteiger partial charge on any atom is -0.381 e. The Labute approximate surface area is 129 Å². The lowest BCUT2D eigenvalue weighted by atomic mass is 10.0. The number of amides is 1. The minimum atomic E-state index is 0.0399. The predicted octanol–water partition coefficient (Wildman–Crippen LogP) is 2.00. The summed E-state index contributed by atoms with van der Waals surface area (Å²) in [4.78, 5) is 22.5. The Balaban J connectivity index is 1.54. The molecule has 5 nitrogen and oxygen atoms in total. The highest BCUT2D eigenvalue weighted by Gasteiger charge is 2.31. The van der Waals surface area contributed by atoms with E-state index in [1.807, 2.05) is 35.2 Å². The van der Waals surface area contributed by atoms with E-state index in [-0.39, 0.29) is 11.8 Å². The Kier molecular flexibility index (Phi) is 3.42. The van der Waals surface area contributed by atoms with Crippen LogP contribution in [0.2, 0.25) is 0 Å². The molecule has 0 bridgehead atoms. The molecule has 0 radical (unpaired) electrons. The second kappa shape index (κ2) is 5.57. The van der Waals surface area contributed by atoms with Crippen LogP contribution in [0.1, 0.15) is 17.8 Å². The highest BCUT2D eigenvalue weighted by molar-refractivity contribution is 5.79. The maximum Gasteiger partial charge on any atom is 0.228 e. The van der Waals surface area contributed by atoms with Gasteiger partial charge in [0.15, 0.2) is 0 Å². The van der Waals surface area contributed by atoms with Crippen molar-refractivity contribution in [2.45, 2.75) is 19.4 Å². The number of nitrogens with one attached hydrogen (secondary N) is 1. The first-order chi connectivity index (χ1) is 10.8. The van der Waals surface area contributed by atoms with Crippen LogP contribution in [0.4, 0.5) is 0 Å². The van der Waals surface area contributed by atoms with Crippen LogP contribution in [0.3, 0.4) is 0 Å². The zero-order valence-electron chi connectivity index (χ0n) is 12.4. The van der Waals surface area contributed by atoms with Gasteiger partial charge in [-0.05, 0) is 6.42 Å². The highest BCUT2D eigenvalue weighted by atomic mass is 16.5. The zero-order valence-corrected chi connectivity index (χ0v) is 12.4. The van der Waals surface area contributed by atoms with Gasteiger partial charge in [0, 0.05) is 25.1 Å². The molecule has 114 valence electrons. The van der Waals surface area contributed by atoms with Gasteiger partial charge in [0.1, 0.15) is 5.82 Å². The number of imidazole rings is 1. The quantitative estimate of drug-likeness (QED) is 0.922. The van der Waals surface area contributed by atoms with Gasteiger partial charge in [0.2, 0.25) is 5.91 Å². The van der Waals surface area contributed by atoms with Gasteiger partial charge in [-0.15, -0.1) is 0 Å². The zero-order chi connectivity index (χ0) is 14.9. The molecule has 2 aliphatic heterocycles. The van der Waals surface area contributed by atoms with Crippen LogP contribution in [-0.4, -0.2) is 40.5 Å². The number of aromatic nitrogens is 2. The molecule has 0 unspecified atom stereocenters. The number of H-pyrrole nitrogens is 1. The van der Waals surface area contributed by atoms with Crippen molar-refractivity contribution in [2.75, 3.05) is 19.8 Å². The largest absolute Gasteiger partial charge is 0.381 e. The number of ether oxygens (including phenoxy) is 1. The van der Waals surface area contributed by atoms with Crippen LogP contribution in [0.5, 0.6) is 0 Å². The Morgan fingerprint density at radius 3 is 2.95 bits per heavy atom. The summed E-state index contributed by atoms with van der Waals surface area (Å²) >= 11 is 0. The molecule has 5 heteroatoms. The van der Waals surface area contributed by atoms with Crippen LogP contribution in [0, 0.1) is 5.92 Å². The second-order valence-corrected chi connectivity index (χ2v) is 5.95. The fourth-order valence-electron chi connectivity index (χ4n) is 3.20. The van der Waals surface area contributed by atoms with Crippen LogP contribution in [-0.2, 0) is 22.5 Å². The number of hydrogen-bond donors (Lipinski definition) is 1. The SMILES string of the molecule is O=C([C@H]1CCOC1)N1CCc2nc(-c3ccccc3)[nH]c2C1. The van der Waals surface area contributed by atoms with Crippen LogP contribution in [0.15, 0.2) is 30.3 Å². The first-order valence-electron chi connectivity index (χ1n) is 7.81. The average molecular weight is 297 g/mol. The Bertz CT molecular complexity index is 674. The number of fused-ring (bicyclic) bond motifs is 1. The van der Waals surface area contributed by atoms with Crippen molar-refractivity contribution in [1.82, 2.24) is 14.9 Å². The van der Waals surface area contributed by atoms with Crippen molar-refractivity contribution in [1.29, 1.82) is 0 Å². The van der Waals surface area contributed by atoms with Gasteiger partial charge in [-0.3, -0.25) is 4.79 Å². The summed E-state index contributed by atoms with van der Waals surface area (Å²) in [7, 11) is 0. The smallest absolute Gasteiger partial charge is 0.228 e. The van der Waals surface area contributed by atoms with Crippen molar-refractivity contribution in [3.63, 3.8) is 0 Å². The van der Waals surface area contributed by atoms with Crippen molar-refractivity contribution >= 4 is 5.91 Å². The lowest BCUT2D eigenvalue weighted by Gasteiger charge is -2.28. The standard InChI is InChI=1S/C17H19N3O2/c21-17(13-7-9-22-11-13)20-8-6-14-15(10-20)19-16(18-14)12-4-2-1-3-5-12/h1-5,13H,6-11H2,(H,18,19)/t13-/m0/s1. The monoisotopic (exact) mass is 297 g/mol. The van der Waals surface area contributed by atoms with Gasteiger partial charge in [0.25, 0.3) is 0 Å². The number of rotatable bonds is 2. The molecule has 1 saturated heterocycles. The summed E-state index contributed by atoms with van der Waals surface area (Å²) in [5.41, 5.74) is 3.24. The van der Waals surface area contributed by atoms with Gasteiger partial charge in [-0.1, -0.05) is 30.3 Å². The fourth-order valence-corrected chi connectivity index (χ4v) is 3.20. The molecular weight excluding hydrogens is 278 g/mol. The third-order valence-electron chi connectivity index (χ3n) is 4.47. The van der Waals surface area contributed by atoms with Gasteiger partial charge in [-0.2, -0.15) is 0 Å². The van der Waals surface area contributed by atoms with E-state index in [0.29, 0.717) is 19.8 Å². The molecular formula is C17H19N3O2. The molecule has 1 atom stereocenters. The Morgan fingerprint density at radius 2 is 2.18 bits per heavy atom. The van der Waals surface area contributed by atoms with E-state index in [4.69, 9.17) is 9.72 Å². The van der Waals surface area contributed by atoms with Crippen LogP contribution >= 0.6 is 0 Å². The maximum absolute atomic E-state index is 12.5. The molecule has 2 aliphatic rings. The molecule has 22 heavy (non-hydrogen) atoms. The van der Waals surface area contributed by atoms with Crippen LogP contribution in [0.25, 0.3) is 11.4 Å². The van der Waals surface area contributed by atoms with E-state index < -0.39 is 0 Å². The van der Waals surface area contributed by atoms with E-state index in [9.17, 15) is 4.79 Å². The summed E-state index contributed by atoms with van der Waals surface area (Å²) in [5, 5.41) is 0. The molecule has 0 aliphatic carbocycles. The number of carbonyl (C=O) groups is 1. The third kappa shape index (κ3) is 2.41. The average Bonchev–Trinajstić information content (AvgIpc) is 3.23. The molecule has 1 amide bonds. The summed E-state index contributed by atoms with van der Waals surface area (Å²) in [6.45, 7) is 2.66. The number of carbonyl (C=O) groups excluding carboxylic acids is 1. The molecule has 4 rings (SSSR count). The maximum atomic E-state index is 12.5. The Hall–Kier alpha value is -2.14. The molecule has 2 aromatic rings. The Morgan fingerprint density at radius 1 is 1.32 bits per heavy atom. The minimum absolute atomic E-state index is 0.0399. The number of benzene rings is 1. The molecule has 0 spiro atoms. The molecule has 1 aromatic carbocycles. The van der Waals surface area contributed by atoms with Gasteiger partial charge >= 0.3 is 0 Å². The van der Waals surface area contributed by atoms with Gasteiger partial charge in [-0.25, -0.2) is 4.98 Å². The van der Waals surface area contributed by atoms with E-state index >= 15 is 0 Å². The number of hydrogen-bond acceptors (Lipinski definition) is 3. The second-order valence-electron chi connectivity index (χ2n) is 5.95. The summed E-state index contributed by atoms with van der Waals surface area (Å²) in [5.74, 6) is 1.15. The van der Waals surface area contributed by atoms with Crippen molar-refractivity contribution < 1.29 is 9.53 Å². The fraction of sp³-hybridized carbons (Fsp3) is 0.412. The first-order valence-corrected chi connectivity index (χ1v) is 7.81. The highest BCUT2D eigenvalue weighted by Crippen LogP contribution is 2.24. The molecule has 1 fully saturated rings. The first kappa shape index (κ1) is 13.5. The summed E-state index contributed by atoms with van der Waals surface area (Å²) in [6.07, 6.45) is 1.67. The normalized spacial score (nSPS) is 20.9. The van der Waals surface area contributed by atoms with Crippen molar-refractivity contribution in [3.8, 4) is 11.4 Å². The number of aromatic amines is 1. The van der Waals surface area contributed by atoms with E-state index in [1.165, 1.54) is 0 Å². The van der Waals surface area contributed by atoms with Crippen LogP contribution < -0.4 is 0 Å². The molecule has 3 heterocycles. The summed E-state index contributed by atoms with van der Waals surface area (Å²) < 4.78 is 5.33. The molecule has 0 saturated carbocycles. The predicted molar refractivity (Wildman–Crippen MR) is 82.1 cm³/mol. The topological polar surface area (TPSA) is 58.2 Å². The summed E-state index contributed by atoms with van der Waals surface area (Å²) in [6, 6.07) is 10.1. The lowest BCUT2D eigenvalue weighted by molar-refractivity contribution is -0.136. The number of nitrogens with zero attached hydrogens (tertiary/aromatic N) is 2. The van der Waals surface area contributed by atoms with E-state index in [1.54, 1.807) is 0 Å². The molecule has 1 N–H and O–H groups in total. The van der Waals surface area contributed by atoms with E-state index in [0.717, 1.165) is 42.2 Å². The van der Waals surface area contributed by atoms with E-state index in [2.05, 4.69) is 4.98 Å². The van der Waals surface area contributed by atoms with Crippen molar-refractivity contribution in [3.05, 3.63) is 41.7 Å². The lowest BCUT2D eigenvalue weighted by Crippen LogP contribution is -2.40. The van der Waals surface area contributed by atoms with Crippen molar-refractivity contribution in [2.24, 2.45) is 5.92 Å². The van der Waals surface area contributed by atoms with Gasteiger partial charge in [0.05, 0.1) is 30.5 Å².